The number of hydrogen-bond acceptors (Lipinski definition) is 3. The largest absolute Gasteiger partial charge is 0.366 e. The summed E-state index contributed by atoms with van der Waals surface area (Å²) >= 11 is 5.24. The van der Waals surface area contributed by atoms with Crippen LogP contribution in [-0.4, -0.2) is 9.91 Å². The topological polar surface area (TPSA) is 56.0 Å². The summed E-state index contributed by atoms with van der Waals surface area (Å²) in [5.41, 5.74) is -1.51. The van der Waals surface area contributed by atoms with Crippen LogP contribution in [0.1, 0.15) is 17.7 Å². The molecule has 1 heterocycles. The van der Waals surface area contributed by atoms with Gasteiger partial charge in [0.15, 0.2) is 5.69 Å². The van der Waals surface area contributed by atoms with Crippen molar-refractivity contribution in [2.24, 2.45) is 0 Å². The Hall–Kier alpha value is -1.37. The zero-order valence-corrected chi connectivity index (χ0v) is 7.84. The molecular weight excluding hydrogens is 237 g/mol. The highest BCUT2D eigenvalue weighted by atomic mass is 35.5. The maximum absolute atomic E-state index is 13.0. The molecule has 0 saturated heterocycles. The highest BCUT2D eigenvalue weighted by Crippen LogP contribution is 2.28. The van der Waals surface area contributed by atoms with E-state index in [2.05, 4.69) is 4.98 Å². The van der Waals surface area contributed by atoms with Crippen LogP contribution in [0.15, 0.2) is 6.07 Å². The average molecular weight is 241 g/mol. The van der Waals surface area contributed by atoms with Crippen LogP contribution >= 0.6 is 11.6 Å². The Balaban J connectivity index is 3.37. The predicted molar refractivity (Wildman–Crippen MR) is 45.4 cm³/mol. The second-order valence-corrected chi connectivity index (χ2v) is 2.78. The monoisotopic (exact) mass is 240 g/mol. The van der Waals surface area contributed by atoms with Gasteiger partial charge < -0.3 is 10.1 Å². The van der Waals surface area contributed by atoms with Crippen molar-refractivity contribution in [3.05, 3.63) is 33.3 Å². The van der Waals surface area contributed by atoms with Crippen molar-refractivity contribution < 1.29 is 18.1 Å². The fourth-order valence-corrected chi connectivity index (χ4v) is 1.19. The van der Waals surface area contributed by atoms with Crippen LogP contribution in [0.5, 0.6) is 0 Å². The Kier molecular flexibility index (Phi) is 3.46. The van der Waals surface area contributed by atoms with E-state index in [1.807, 2.05) is 0 Å². The van der Waals surface area contributed by atoms with Crippen LogP contribution in [-0.2, 0) is 5.88 Å². The minimum atomic E-state index is -3.10. The van der Waals surface area contributed by atoms with Crippen LogP contribution in [0.4, 0.5) is 19.0 Å². The van der Waals surface area contributed by atoms with Crippen LogP contribution in [0.2, 0.25) is 0 Å². The zero-order valence-electron chi connectivity index (χ0n) is 7.08. The number of rotatable bonds is 3. The van der Waals surface area contributed by atoms with E-state index in [9.17, 15) is 23.3 Å². The molecule has 4 nitrogen and oxygen atoms in total. The van der Waals surface area contributed by atoms with Crippen molar-refractivity contribution in [1.82, 2.24) is 4.98 Å². The Morgan fingerprint density at radius 2 is 2.20 bits per heavy atom. The molecule has 0 aliphatic carbocycles. The predicted octanol–water partition coefficient (Wildman–Crippen LogP) is 2.81. The molecule has 1 rings (SSSR count). The third-order valence-corrected chi connectivity index (χ3v) is 1.86. The SMILES string of the molecule is O=[N+]([O-])c1cc(F)c(C(F)F)c(CCl)n1. The van der Waals surface area contributed by atoms with Crippen LogP contribution in [0.25, 0.3) is 0 Å². The van der Waals surface area contributed by atoms with Gasteiger partial charge in [0, 0.05) is 0 Å². The van der Waals surface area contributed by atoms with Crippen LogP contribution < -0.4 is 0 Å². The minimum absolute atomic E-state index is 0.345. The summed E-state index contributed by atoms with van der Waals surface area (Å²) in [6.07, 6.45) is -3.10. The summed E-state index contributed by atoms with van der Waals surface area (Å²) in [6.45, 7) is 0. The van der Waals surface area contributed by atoms with Crippen molar-refractivity contribution >= 4 is 17.4 Å². The van der Waals surface area contributed by atoms with Crippen molar-refractivity contribution in [2.75, 3.05) is 0 Å². The number of alkyl halides is 3. The molecule has 0 fully saturated rings. The molecule has 0 N–H and O–H groups in total. The molecule has 0 aliphatic heterocycles. The summed E-state index contributed by atoms with van der Waals surface area (Å²) in [5.74, 6) is -2.73. The Bertz CT molecular complexity index is 400. The van der Waals surface area contributed by atoms with Gasteiger partial charge in [-0.15, -0.1) is 11.6 Å². The first kappa shape index (κ1) is 11.7. The van der Waals surface area contributed by atoms with Crippen molar-refractivity contribution in [3.8, 4) is 0 Å². The zero-order chi connectivity index (χ0) is 11.6. The van der Waals surface area contributed by atoms with Crippen molar-refractivity contribution in [2.45, 2.75) is 12.3 Å². The molecule has 0 aromatic carbocycles. The van der Waals surface area contributed by atoms with Gasteiger partial charge in [0.25, 0.3) is 6.43 Å². The number of pyridine rings is 1. The fraction of sp³-hybridized carbons (Fsp3) is 0.286. The molecule has 0 unspecified atom stereocenters. The van der Waals surface area contributed by atoms with Crippen molar-refractivity contribution in [3.63, 3.8) is 0 Å². The number of nitro groups is 1. The Labute approximate surface area is 86.8 Å². The normalized spacial score (nSPS) is 10.7. The average Bonchev–Trinajstić information content (AvgIpc) is 2.15. The number of halogens is 4. The molecule has 8 heteroatoms. The van der Waals surface area contributed by atoms with E-state index in [0.29, 0.717) is 6.07 Å². The van der Waals surface area contributed by atoms with E-state index in [1.54, 1.807) is 0 Å². The molecule has 1 aromatic heterocycles. The highest BCUT2D eigenvalue weighted by molar-refractivity contribution is 6.17. The smallest absolute Gasteiger partial charge is 0.358 e. The van der Waals surface area contributed by atoms with E-state index in [-0.39, 0.29) is 0 Å². The summed E-state index contributed by atoms with van der Waals surface area (Å²) in [4.78, 5) is 12.5. The lowest BCUT2D eigenvalue weighted by Crippen LogP contribution is -2.04. The third-order valence-electron chi connectivity index (χ3n) is 1.61. The van der Waals surface area contributed by atoms with Gasteiger partial charge in [0.2, 0.25) is 0 Å². The first-order chi connectivity index (χ1) is 6.97. The lowest BCUT2D eigenvalue weighted by molar-refractivity contribution is -0.389. The Morgan fingerprint density at radius 3 is 2.60 bits per heavy atom. The molecule has 0 radical (unpaired) electrons. The fourth-order valence-electron chi connectivity index (χ4n) is 0.985. The highest BCUT2D eigenvalue weighted by Gasteiger charge is 2.26. The quantitative estimate of drug-likeness (QED) is 0.464. The van der Waals surface area contributed by atoms with Crippen molar-refractivity contribution in [1.29, 1.82) is 0 Å². The van der Waals surface area contributed by atoms with E-state index in [0.717, 1.165) is 0 Å². The lowest BCUT2D eigenvalue weighted by atomic mass is 10.2. The first-order valence-corrected chi connectivity index (χ1v) is 4.18. The number of nitrogens with zero attached hydrogens (tertiary/aromatic N) is 2. The van der Waals surface area contributed by atoms with Gasteiger partial charge >= 0.3 is 5.82 Å². The molecule has 0 aliphatic rings. The van der Waals surface area contributed by atoms with E-state index < -0.39 is 40.1 Å². The Morgan fingerprint density at radius 1 is 1.60 bits per heavy atom. The van der Waals surface area contributed by atoms with Gasteiger partial charge in [-0.25, -0.2) is 13.2 Å². The van der Waals surface area contributed by atoms with Gasteiger partial charge in [-0.05, 0) is 9.91 Å². The number of hydrogen-bond donors (Lipinski definition) is 0. The summed E-state index contributed by atoms with van der Waals surface area (Å²) in [5, 5.41) is 10.2. The van der Waals surface area contributed by atoms with Gasteiger partial charge in [-0.1, -0.05) is 0 Å². The lowest BCUT2D eigenvalue weighted by Gasteiger charge is -2.03. The van der Waals surface area contributed by atoms with E-state index in [4.69, 9.17) is 11.6 Å². The minimum Gasteiger partial charge on any atom is -0.358 e. The van der Waals surface area contributed by atoms with Gasteiger partial charge in [0.1, 0.15) is 11.4 Å². The molecular formula is C7H4ClF3N2O2. The summed E-state index contributed by atoms with van der Waals surface area (Å²) in [7, 11) is 0. The van der Waals surface area contributed by atoms with Crippen LogP contribution in [0, 0.1) is 15.9 Å². The van der Waals surface area contributed by atoms with E-state index in [1.165, 1.54) is 0 Å². The molecule has 0 saturated carbocycles. The second kappa shape index (κ2) is 4.43. The van der Waals surface area contributed by atoms with Gasteiger partial charge in [-0.3, -0.25) is 0 Å². The number of aromatic nitrogens is 1. The molecule has 0 spiro atoms. The maximum Gasteiger partial charge on any atom is 0.366 e. The molecule has 0 bridgehead atoms. The van der Waals surface area contributed by atoms with E-state index >= 15 is 0 Å². The van der Waals surface area contributed by atoms with Gasteiger partial charge in [-0.2, -0.15) is 0 Å². The third kappa shape index (κ3) is 2.35. The molecule has 15 heavy (non-hydrogen) atoms. The molecule has 82 valence electrons. The molecule has 0 amide bonds. The molecule has 0 atom stereocenters. The summed E-state index contributed by atoms with van der Waals surface area (Å²) < 4.78 is 37.6. The maximum atomic E-state index is 13.0. The standard InChI is InChI=1S/C7H4ClF3N2O2/c8-2-4-6(7(10)11)3(9)1-5(12-4)13(14)15/h1,7H,2H2. The summed E-state index contributed by atoms with van der Waals surface area (Å²) in [6, 6.07) is 0.345. The first-order valence-electron chi connectivity index (χ1n) is 3.65. The van der Waals surface area contributed by atoms with Crippen LogP contribution in [0.3, 0.4) is 0 Å². The molecule has 1 aromatic rings. The van der Waals surface area contributed by atoms with Gasteiger partial charge in [0.05, 0.1) is 11.9 Å². The second-order valence-electron chi connectivity index (χ2n) is 2.51.